The van der Waals surface area contributed by atoms with Crippen LogP contribution in [0.15, 0.2) is 66.7 Å². The van der Waals surface area contributed by atoms with Crippen molar-refractivity contribution in [1.29, 1.82) is 0 Å². The van der Waals surface area contributed by atoms with E-state index in [1.54, 1.807) is 24.3 Å². The van der Waals surface area contributed by atoms with Gasteiger partial charge in [0.25, 0.3) is 11.6 Å². The minimum absolute atomic E-state index is 0.0652. The van der Waals surface area contributed by atoms with E-state index < -0.39 is 10.8 Å². The molecule has 8 nitrogen and oxygen atoms in total. The van der Waals surface area contributed by atoms with Crippen molar-refractivity contribution in [2.45, 2.75) is 38.5 Å². The van der Waals surface area contributed by atoms with Crippen LogP contribution in [-0.2, 0) is 17.6 Å². The second kappa shape index (κ2) is 12.2. The molecule has 1 saturated heterocycles. The normalized spacial score (nSPS) is 13.2. The number of nitrogens with one attached hydrogen (secondary N) is 1. The molecule has 0 atom stereocenters. The maximum absolute atomic E-state index is 13.0. The van der Waals surface area contributed by atoms with E-state index in [0.29, 0.717) is 11.3 Å². The van der Waals surface area contributed by atoms with E-state index in [1.165, 1.54) is 19.6 Å². The molecule has 1 aliphatic heterocycles. The van der Waals surface area contributed by atoms with Crippen molar-refractivity contribution in [3.8, 4) is 0 Å². The number of nitrogens with zero attached hydrogens (tertiary/aromatic N) is 2. The maximum atomic E-state index is 13.0. The first kappa shape index (κ1) is 25.9. The Hall–Kier alpha value is -4.20. The topological polar surface area (TPSA) is 102 Å². The van der Waals surface area contributed by atoms with Crippen LogP contribution in [-0.4, -0.2) is 37.0 Å². The molecule has 4 rings (SSSR count). The van der Waals surface area contributed by atoms with Crippen molar-refractivity contribution < 1.29 is 19.2 Å². The summed E-state index contributed by atoms with van der Waals surface area (Å²) in [6.07, 6.45) is 5.99. The maximum Gasteiger partial charge on any atom is 0.337 e. The summed E-state index contributed by atoms with van der Waals surface area (Å²) in [5, 5.41) is 14.4. The third-order valence-electron chi connectivity index (χ3n) is 6.66. The minimum atomic E-state index is -0.513. The summed E-state index contributed by atoms with van der Waals surface area (Å²) < 4.78 is 4.72. The zero-order chi connectivity index (χ0) is 26.2. The number of hydrogen-bond donors (Lipinski definition) is 1. The van der Waals surface area contributed by atoms with E-state index in [0.717, 1.165) is 62.0 Å². The van der Waals surface area contributed by atoms with Crippen molar-refractivity contribution in [1.82, 2.24) is 0 Å². The monoisotopic (exact) mass is 501 g/mol. The van der Waals surface area contributed by atoms with Crippen LogP contribution in [0.5, 0.6) is 0 Å². The molecule has 37 heavy (non-hydrogen) atoms. The number of amides is 1. The van der Waals surface area contributed by atoms with E-state index in [-0.39, 0.29) is 17.2 Å². The van der Waals surface area contributed by atoms with Crippen LogP contribution in [0, 0.1) is 10.1 Å². The summed E-state index contributed by atoms with van der Waals surface area (Å²) in [4.78, 5) is 37.8. The number of esters is 1. The first-order valence-electron chi connectivity index (χ1n) is 12.6. The molecule has 1 aliphatic rings. The number of benzene rings is 3. The minimum Gasteiger partial charge on any atom is -0.465 e. The van der Waals surface area contributed by atoms with Gasteiger partial charge in [-0.3, -0.25) is 14.9 Å². The Kier molecular flexibility index (Phi) is 8.51. The predicted molar refractivity (Wildman–Crippen MR) is 143 cm³/mol. The molecule has 1 amide bonds. The quantitative estimate of drug-likeness (QED) is 0.226. The summed E-state index contributed by atoms with van der Waals surface area (Å²) in [6, 6.07) is 19.7. The van der Waals surface area contributed by atoms with Crippen LogP contribution in [0.3, 0.4) is 0 Å². The van der Waals surface area contributed by atoms with E-state index in [4.69, 9.17) is 4.74 Å². The van der Waals surface area contributed by atoms with E-state index >= 15 is 0 Å². The number of hydrogen-bond acceptors (Lipinski definition) is 6. The highest BCUT2D eigenvalue weighted by molar-refractivity contribution is 6.07. The Labute approximate surface area is 216 Å². The summed E-state index contributed by atoms with van der Waals surface area (Å²) >= 11 is 0. The Balaban J connectivity index is 1.35. The summed E-state index contributed by atoms with van der Waals surface area (Å²) in [5.74, 6) is -0.836. The smallest absolute Gasteiger partial charge is 0.337 e. The molecule has 0 unspecified atom stereocenters. The molecule has 192 valence electrons. The molecule has 3 aromatic rings. The van der Waals surface area contributed by atoms with Gasteiger partial charge in [-0.1, -0.05) is 24.3 Å². The zero-order valence-corrected chi connectivity index (χ0v) is 20.9. The second-order valence-corrected chi connectivity index (χ2v) is 9.20. The molecular formula is C29H31N3O5. The van der Waals surface area contributed by atoms with Crippen molar-refractivity contribution in [2.24, 2.45) is 0 Å². The third kappa shape index (κ3) is 6.73. The molecule has 0 aromatic heterocycles. The fourth-order valence-electron chi connectivity index (χ4n) is 4.59. The van der Waals surface area contributed by atoms with E-state index in [2.05, 4.69) is 10.2 Å². The largest absolute Gasteiger partial charge is 0.465 e. The molecule has 3 aromatic carbocycles. The second-order valence-electron chi connectivity index (χ2n) is 9.20. The van der Waals surface area contributed by atoms with Gasteiger partial charge >= 0.3 is 5.97 Å². The lowest BCUT2D eigenvalue weighted by atomic mass is 10.0. The average Bonchev–Trinajstić information content (AvgIpc) is 2.94. The molecule has 8 heteroatoms. The van der Waals surface area contributed by atoms with Crippen LogP contribution in [0.25, 0.3) is 0 Å². The van der Waals surface area contributed by atoms with Gasteiger partial charge in [0.2, 0.25) is 0 Å². The van der Waals surface area contributed by atoms with Gasteiger partial charge in [-0.25, -0.2) is 4.79 Å². The third-order valence-corrected chi connectivity index (χ3v) is 6.66. The van der Waals surface area contributed by atoms with Crippen LogP contribution in [0.4, 0.5) is 17.1 Å². The van der Waals surface area contributed by atoms with Crippen molar-refractivity contribution in [3.63, 3.8) is 0 Å². The number of aryl methyl sites for hydroxylation is 2. The van der Waals surface area contributed by atoms with Crippen LogP contribution in [0.1, 0.15) is 57.5 Å². The van der Waals surface area contributed by atoms with Crippen LogP contribution >= 0.6 is 0 Å². The average molecular weight is 502 g/mol. The Morgan fingerprint density at radius 1 is 0.919 bits per heavy atom. The zero-order valence-electron chi connectivity index (χ0n) is 20.9. The highest BCUT2D eigenvalue weighted by atomic mass is 16.6. The lowest BCUT2D eigenvalue weighted by Gasteiger charge is -2.29. The lowest BCUT2D eigenvalue weighted by molar-refractivity contribution is -0.385. The molecule has 0 aliphatic carbocycles. The molecular weight excluding hydrogens is 470 g/mol. The van der Waals surface area contributed by atoms with Crippen LogP contribution in [0.2, 0.25) is 0 Å². The Morgan fingerprint density at radius 3 is 2.14 bits per heavy atom. The number of ether oxygens (including phenoxy) is 1. The van der Waals surface area contributed by atoms with Gasteiger partial charge in [0.05, 0.1) is 17.6 Å². The summed E-state index contributed by atoms with van der Waals surface area (Å²) in [5.41, 5.74) is 4.10. The number of carbonyl (C=O) groups is 2. The number of methoxy groups -OCH3 is 1. The molecule has 1 N–H and O–H groups in total. The van der Waals surface area contributed by atoms with Crippen molar-refractivity contribution >= 4 is 28.9 Å². The number of nitro benzene ring substituents is 1. The first-order valence-corrected chi connectivity index (χ1v) is 12.6. The number of nitro groups is 1. The fraction of sp³-hybridized carbons (Fsp3) is 0.310. The van der Waals surface area contributed by atoms with Gasteiger partial charge in [-0.2, -0.15) is 0 Å². The van der Waals surface area contributed by atoms with Gasteiger partial charge in [0.15, 0.2) is 0 Å². The van der Waals surface area contributed by atoms with Gasteiger partial charge in [0, 0.05) is 30.5 Å². The number of piperidine rings is 1. The predicted octanol–water partition coefficient (Wildman–Crippen LogP) is 5.80. The van der Waals surface area contributed by atoms with Crippen molar-refractivity contribution in [2.75, 3.05) is 30.4 Å². The van der Waals surface area contributed by atoms with E-state index in [9.17, 15) is 19.7 Å². The Morgan fingerprint density at radius 2 is 1.54 bits per heavy atom. The molecule has 1 fully saturated rings. The summed E-state index contributed by atoms with van der Waals surface area (Å²) in [7, 11) is 1.37. The molecule has 0 bridgehead atoms. The first-order chi connectivity index (χ1) is 17.9. The highest BCUT2D eigenvalue weighted by Crippen LogP contribution is 2.28. The molecule has 0 spiro atoms. The highest BCUT2D eigenvalue weighted by Gasteiger charge is 2.23. The lowest BCUT2D eigenvalue weighted by Crippen LogP contribution is -2.29. The number of anilines is 2. The number of rotatable bonds is 9. The van der Waals surface area contributed by atoms with Gasteiger partial charge < -0.3 is 15.0 Å². The summed E-state index contributed by atoms with van der Waals surface area (Å²) in [6.45, 7) is 1.78. The Bertz CT molecular complexity index is 1250. The molecule has 0 radical (unpaired) electrons. The van der Waals surface area contributed by atoms with Crippen molar-refractivity contribution in [3.05, 3.63) is 99.1 Å². The molecule has 1 heterocycles. The number of carbonyl (C=O) groups excluding carboxylic acids is 2. The van der Waals surface area contributed by atoms with Gasteiger partial charge in [0.1, 0.15) is 5.56 Å². The SMILES string of the molecule is COC(=O)c1ccc(CCCc2ccc(NC(=O)c3cc(N4CCCCC4)ccc3[N+](=O)[O-])cc2)cc1. The van der Waals surface area contributed by atoms with Crippen LogP contribution < -0.4 is 10.2 Å². The van der Waals surface area contributed by atoms with E-state index in [1.807, 2.05) is 36.4 Å². The molecule has 0 saturated carbocycles. The standard InChI is InChI=1S/C29H31N3O5/c1-37-29(34)23-12-8-21(9-13-23)6-5-7-22-10-14-24(15-11-22)30-28(33)26-20-25(16-17-27(26)32(35)36)31-18-3-2-4-19-31/h8-17,20H,2-7,18-19H2,1H3,(H,30,33). The van der Waals surface area contributed by atoms with Gasteiger partial charge in [-0.05, 0) is 86.1 Å². The van der Waals surface area contributed by atoms with Gasteiger partial charge in [-0.15, -0.1) is 0 Å². The fourth-order valence-corrected chi connectivity index (χ4v) is 4.59.